The predicted octanol–water partition coefficient (Wildman–Crippen LogP) is 5.60. The molecule has 1 atom stereocenters. The quantitative estimate of drug-likeness (QED) is 0.456. The van der Waals surface area contributed by atoms with Gasteiger partial charge < -0.3 is 20.9 Å². The van der Waals surface area contributed by atoms with Crippen LogP contribution in [-0.2, 0) is 0 Å². The van der Waals surface area contributed by atoms with Gasteiger partial charge in [-0.1, -0.05) is 38.0 Å². The van der Waals surface area contributed by atoms with Crippen LogP contribution in [-0.4, -0.2) is 42.3 Å². The van der Waals surface area contributed by atoms with Crippen molar-refractivity contribution in [3.05, 3.63) is 64.9 Å². The van der Waals surface area contributed by atoms with Crippen molar-refractivity contribution in [2.24, 2.45) is 0 Å². The Balaban J connectivity index is 1.58. The van der Waals surface area contributed by atoms with Crippen molar-refractivity contribution in [1.82, 2.24) is 20.5 Å². The van der Waals surface area contributed by atoms with Gasteiger partial charge in [0.1, 0.15) is 0 Å². The second-order valence-electron chi connectivity index (χ2n) is 9.74. The SMILES string of the molecule is C=C(C)N1CCC(NC2CCCCC2)=C(CC2CC=Cc3cc(/C(C=N)=C/NC)ncc32)C1. The summed E-state index contributed by atoms with van der Waals surface area (Å²) in [5.41, 5.74) is 8.39. The van der Waals surface area contributed by atoms with Crippen LogP contribution in [0.2, 0.25) is 0 Å². The van der Waals surface area contributed by atoms with E-state index in [4.69, 9.17) is 10.4 Å². The second-order valence-corrected chi connectivity index (χ2v) is 9.74. The van der Waals surface area contributed by atoms with Crippen LogP contribution in [0.15, 0.2) is 48.1 Å². The molecule has 3 aliphatic rings. The molecule has 1 aromatic rings. The lowest BCUT2D eigenvalue weighted by atomic mass is 9.82. The van der Waals surface area contributed by atoms with Crippen LogP contribution in [0.1, 0.15) is 81.0 Å². The van der Waals surface area contributed by atoms with Gasteiger partial charge in [-0.2, -0.15) is 0 Å². The van der Waals surface area contributed by atoms with Crippen LogP contribution in [0.5, 0.6) is 0 Å². The second kappa shape index (κ2) is 10.9. The smallest absolute Gasteiger partial charge is 0.0737 e. The number of hydrogen-bond acceptors (Lipinski definition) is 5. The first kappa shape index (κ1) is 23.3. The maximum atomic E-state index is 7.72. The van der Waals surface area contributed by atoms with E-state index < -0.39 is 0 Å². The van der Waals surface area contributed by atoms with E-state index in [0.717, 1.165) is 49.3 Å². The van der Waals surface area contributed by atoms with Crippen molar-refractivity contribution < 1.29 is 0 Å². The minimum Gasteiger partial charge on any atom is -0.393 e. The molecular formula is C28H39N5. The van der Waals surface area contributed by atoms with E-state index >= 15 is 0 Å². The first-order valence-electron chi connectivity index (χ1n) is 12.5. The van der Waals surface area contributed by atoms with Crippen LogP contribution in [0.4, 0.5) is 0 Å². The van der Waals surface area contributed by atoms with Gasteiger partial charge in [-0.3, -0.25) is 4.98 Å². The summed E-state index contributed by atoms with van der Waals surface area (Å²) < 4.78 is 0. The third kappa shape index (κ3) is 5.58. The Morgan fingerprint density at radius 3 is 2.85 bits per heavy atom. The Morgan fingerprint density at radius 1 is 1.30 bits per heavy atom. The Morgan fingerprint density at radius 2 is 2.12 bits per heavy atom. The summed E-state index contributed by atoms with van der Waals surface area (Å²) in [6.45, 7) is 8.39. The number of nitrogens with one attached hydrogen (secondary N) is 3. The van der Waals surface area contributed by atoms with Gasteiger partial charge in [0.2, 0.25) is 0 Å². The Labute approximate surface area is 199 Å². The van der Waals surface area contributed by atoms with E-state index in [9.17, 15) is 0 Å². The molecule has 0 aromatic carbocycles. The van der Waals surface area contributed by atoms with Crippen molar-refractivity contribution in [3.8, 4) is 0 Å². The molecule has 1 aliphatic heterocycles. The molecule has 0 bridgehead atoms. The Kier molecular flexibility index (Phi) is 7.69. The molecule has 3 N–H and O–H groups in total. The number of pyridine rings is 1. The number of nitrogens with zero attached hydrogens (tertiary/aromatic N) is 2. The van der Waals surface area contributed by atoms with Gasteiger partial charge in [0.15, 0.2) is 0 Å². The normalized spacial score (nSPS) is 21.6. The lowest BCUT2D eigenvalue weighted by Crippen LogP contribution is -2.38. The average molecular weight is 446 g/mol. The summed E-state index contributed by atoms with van der Waals surface area (Å²) in [6.07, 6.45) is 19.6. The highest BCUT2D eigenvalue weighted by Crippen LogP contribution is 2.37. The molecule has 1 fully saturated rings. The van der Waals surface area contributed by atoms with Gasteiger partial charge in [-0.05, 0) is 61.3 Å². The fourth-order valence-corrected chi connectivity index (χ4v) is 5.46. The van der Waals surface area contributed by atoms with E-state index in [1.807, 2.05) is 19.4 Å². The van der Waals surface area contributed by atoms with Crippen LogP contribution in [0.25, 0.3) is 11.6 Å². The summed E-state index contributed by atoms with van der Waals surface area (Å²) in [4.78, 5) is 7.16. The third-order valence-corrected chi connectivity index (χ3v) is 7.33. The van der Waals surface area contributed by atoms with Gasteiger partial charge in [-0.15, -0.1) is 0 Å². The van der Waals surface area contributed by atoms with Crippen molar-refractivity contribution in [3.63, 3.8) is 0 Å². The standard InChI is InChI=1S/C28H39N5/c1-20(2)33-13-12-27(32-25-10-5-4-6-11-25)23(19-33)14-21-8-7-9-22-15-28(31-18-26(21)22)24(16-29)17-30-3/h7,9,15-18,21,25,29-30,32H,1,4-6,8,10-14,19H2,2-3H3/b24-17+,29-16?. The molecule has 5 heteroatoms. The van der Waals surface area contributed by atoms with E-state index in [-0.39, 0.29) is 0 Å². The number of allylic oxidation sites excluding steroid dienone is 3. The third-order valence-electron chi connectivity index (χ3n) is 7.33. The zero-order valence-electron chi connectivity index (χ0n) is 20.3. The van der Waals surface area contributed by atoms with E-state index in [1.54, 1.807) is 5.57 Å². The highest BCUT2D eigenvalue weighted by Gasteiger charge is 2.26. The molecule has 1 aromatic heterocycles. The molecule has 2 aliphatic carbocycles. The van der Waals surface area contributed by atoms with Crippen molar-refractivity contribution in [2.75, 3.05) is 20.1 Å². The maximum absolute atomic E-state index is 7.72. The van der Waals surface area contributed by atoms with Crippen LogP contribution in [0, 0.1) is 5.41 Å². The molecule has 5 nitrogen and oxygen atoms in total. The fourth-order valence-electron chi connectivity index (χ4n) is 5.46. The molecule has 0 amide bonds. The average Bonchev–Trinajstić information content (AvgIpc) is 2.84. The highest BCUT2D eigenvalue weighted by atomic mass is 15.1. The van der Waals surface area contributed by atoms with Gasteiger partial charge in [0.25, 0.3) is 0 Å². The molecule has 176 valence electrons. The minimum absolute atomic E-state index is 0.437. The molecular weight excluding hydrogens is 406 g/mol. The Bertz CT molecular complexity index is 964. The molecule has 33 heavy (non-hydrogen) atoms. The van der Waals surface area contributed by atoms with Crippen molar-refractivity contribution in [2.45, 2.75) is 70.3 Å². The monoisotopic (exact) mass is 445 g/mol. The van der Waals surface area contributed by atoms with E-state index in [2.05, 4.69) is 47.3 Å². The summed E-state index contributed by atoms with van der Waals surface area (Å²) in [5.74, 6) is 0.437. The molecule has 1 unspecified atom stereocenters. The molecule has 0 saturated heterocycles. The predicted molar refractivity (Wildman–Crippen MR) is 139 cm³/mol. The van der Waals surface area contributed by atoms with E-state index in [0.29, 0.717) is 12.0 Å². The zero-order chi connectivity index (χ0) is 23.2. The van der Waals surface area contributed by atoms with Gasteiger partial charge in [0, 0.05) is 68.2 Å². The van der Waals surface area contributed by atoms with Gasteiger partial charge in [0.05, 0.1) is 5.69 Å². The molecule has 0 spiro atoms. The molecule has 1 saturated carbocycles. The molecule has 4 rings (SSSR count). The van der Waals surface area contributed by atoms with Gasteiger partial charge >= 0.3 is 0 Å². The van der Waals surface area contributed by atoms with Crippen LogP contribution in [0.3, 0.4) is 0 Å². The van der Waals surface area contributed by atoms with Crippen molar-refractivity contribution in [1.29, 1.82) is 5.41 Å². The number of fused-ring (bicyclic) bond motifs is 1. The topological polar surface area (TPSA) is 64.0 Å². The van der Waals surface area contributed by atoms with Gasteiger partial charge in [-0.25, -0.2) is 0 Å². The van der Waals surface area contributed by atoms with Crippen molar-refractivity contribution >= 4 is 17.9 Å². The summed E-state index contributed by atoms with van der Waals surface area (Å²) in [5, 5.41) is 14.7. The summed E-state index contributed by atoms with van der Waals surface area (Å²) >= 11 is 0. The first-order chi connectivity index (χ1) is 16.1. The maximum Gasteiger partial charge on any atom is 0.0737 e. The number of aromatic nitrogens is 1. The largest absolute Gasteiger partial charge is 0.393 e. The van der Waals surface area contributed by atoms with E-state index in [1.165, 1.54) is 55.1 Å². The number of hydrogen-bond donors (Lipinski definition) is 3. The highest BCUT2D eigenvalue weighted by molar-refractivity contribution is 6.07. The fraction of sp³-hybridized carbons (Fsp3) is 0.500. The lowest BCUT2D eigenvalue weighted by Gasteiger charge is -2.37. The van der Waals surface area contributed by atoms with Crippen LogP contribution < -0.4 is 10.6 Å². The lowest BCUT2D eigenvalue weighted by molar-refractivity contribution is 0.327. The summed E-state index contributed by atoms with van der Waals surface area (Å²) in [6, 6.07) is 2.77. The van der Waals surface area contributed by atoms with Crippen LogP contribution >= 0.6 is 0 Å². The molecule has 0 radical (unpaired) electrons. The minimum atomic E-state index is 0.437. The number of rotatable bonds is 8. The first-order valence-corrected chi connectivity index (χ1v) is 12.5. The summed E-state index contributed by atoms with van der Waals surface area (Å²) in [7, 11) is 1.85. The Hall–Kier alpha value is -2.82. The zero-order valence-corrected chi connectivity index (χ0v) is 20.3. The molecule has 2 heterocycles.